The fourth-order valence-electron chi connectivity index (χ4n) is 2.83. The van der Waals surface area contributed by atoms with Crippen LogP contribution in [0.2, 0.25) is 10.0 Å². The molecule has 0 bridgehead atoms. The second-order valence-electron chi connectivity index (χ2n) is 6.37. The molecule has 6 heteroatoms. The average molecular weight is 366 g/mol. The summed E-state index contributed by atoms with van der Waals surface area (Å²) in [6.45, 7) is 3.93. The van der Waals surface area contributed by atoms with E-state index < -0.39 is 5.54 Å². The lowest BCUT2D eigenvalue weighted by atomic mass is 9.84. The highest BCUT2D eigenvalue weighted by Crippen LogP contribution is 2.30. The van der Waals surface area contributed by atoms with Crippen molar-refractivity contribution in [2.24, 2.45) is 11.7 Å². The van der Waals surface area contributed by atoms with Gasteiger partial charge in [0.2, 0.25) is 5.91 Å². The maximum Gasteiger partial charge on any atom is 0.223 e. The van der Waals surface area contributed by atoms with E-state index in [0.717, 1.165) is 31.2 Å². The molecule has 1 fully saturated rings. The van der Waals surface area contributed by atoms with E-state index in [1.54, 1.807) is 12.1 Å². The van der Waals surface area contributed by atoms with Gasteiger partial charge in [0, 0.05) is 12.0 Å². The van der Waals surface area contributed by atoms with Gasteiger partial charge in [-0.15, -0.1) is 12.4 Å². The molecule has 2 atom stereocenters. The molecule has 0 aliphatic heterocycles. The van der Waals surface area contributed by atoms with Crippen LogP contribution in [0, 0.1) is 5.92 Å². The molecule has 22 heavy (non-hydrogen) atoms. The van der Waals surface area contributed by atoms with E-state index in [9.17, 15) is 4.79 Å². The minimum atomic E-state index is -0.493. The highest BCUT2D eigenvalue weighted by atomic mass is 35.5. The van der Waals surface area contributed by atoms with Gasteiger partial charge in [-0.1, -0.05) is 35.7 Å². The number of nitrogens with two attached hydrogens (primary N) is 1. The minimum Gasteiger partial charge on any atom is -0.347 e. The Morgan fingerprint density at radius 1 is 1.27 bits per heavy atom. The molecule has 3 N–H and O–H groups in total. The van der Waals surface area contributed by atoms with Crippen molar-refractivity contribution in [3.8, 4) is 0 Å². The van der Waals surface area contributed by atoms with E-state index in [2.05, 4.69) is 5.32 Å². The van der Waals surface area contributed by atoms with Gasteiger partial charge >= 0.3 is 0 Å². The number of amides is 1. The number of carbonyl (C=O) groups excluding carboxylic acids is 1. The second-order valence-corrected chi connectivity index (χ2v) is 7.18. The molecule has 1 aliphatic rings. The lowest BCUT2D eigenvalue weighted by Gasteiger charge is -2.32. The summed E-state index contributed by atoms with van der Waals surface area (Å²) in [5.41, 5.74) is 6.40. The molecule has 1 aliphatic carbocycles. The number of rotatable bonds is 3. The molecule has 2 rings (SSSR count). The Hall–Kier alpha value is -0.480. The van der Waals surface area contributed by atoms with Crippen LogP contribution in [-0.4, -0.2) is 11.9 Å². The predicted octanol–water partition coefficient (Wildman–Crippen LogP) is 4.28. The van der Waals surface area contributed by atoms with Crippen molar-refractivity contribution in [3.63, 3.8) is 0 Å². The lowest BCUT2D eigenvalue weighted by molar-refractivity contribution is -0.127. The molecular weight excluding hydrogens is 343 g/mol. The molecule has 124 valence electrons. The zero-order valence-electron chi connectivity index (χ0n) is 12.9. The number of hydrogen-bond acceptors (Lipinski definition) is 2. The Morgan fingerprint density at radius 2 is 1.95 bits per heavy atom. The third kappa shape index (κ3) is 4.76. The van der Waals surface area contributed by atoms with E-state index in [4.69, 9.17) is 28.9 Å². The molecule has 0 saturated heterocycles. The fraction of sp³-hybridized carbons (Fsp3) is 0.562. The first-order valence-corrected chi connectivity index (χ1v) is 8.08. The van der Waals surface area contributed by atoms with Crippen molar-refractivity contribution >= 4 is 41.5 Å². The molecule has 1 aromatic rings. The molecule has 1 aromatic carbocycles. The van der Waals surface area contributed by atoms with Gasteiger partial charge in [0.25, 0.3) is 0 Å². The Labute approximate surface area is 148 Å². The third-order valence-corrected chi connectivity index (χ3v) is 4.90. The normalized spacial score (nSPS) is 21.9. The second kappa shape index (κ2) is 7.87. The van der Waals surface area contributed by atoms with Crippen LogP contribution in [0.15, 0.2) is 18.2 Å². The van der Waals surface area contributed by atoms with Crippen LogP contribution in [0.4, 0.5) is 0 Å². The van der Waals surface area contributed by atoms with Crippen LogP contribution in [-0.2, 0) is 10.3 Å². The van der Waals surface area contributed by atoms with Crippen molar-refractivity contribution < 1.29 is 4.79 Å². The number of hydrogen-bond donors (Lipinski definition) is 2. The summed E-state index contributed by atoms with van der Waals surface area (Å²) in [6.07, 6.45) is 3.71. The number of carbonyl (C=O) groups is 1. The summed E-state index contributed by atoms with van der Waals surface area (Å²) in [7, 11) is 0. The number of benzene rings is 1. The topological polar surface area (TPSA) is 55.1 Å². The zero-order valence-corrected chi connectivity index (χ0v) is 15.2. The summed E-state index contributed by atoms with van der Waals surface area (Å²) in [6, 6.07) is 5.59. The average Bonchev–Trinajstić information content (AvgIpc) is 2.41. The quantitative estimate of drug-likeness (QED) is 0.839. The molecule has 1 amide bonds. The van der Waals surface area contributed by atoms with Crippen molar-refractivity contribution in [1.82, 2.24) is 5.32 Å². The molecule has 0 heterocycles. The molecular formula is C16H23Cl3N2O. The highest BCUT2D eigenvalue weighted by Gasteiger charge is 2.30. The van der Waals surface area contributed by atoms with Gasteiger partial charge in [-0.25, -0.2) is 0 Å². The fourth-order valence-corrected chi connectivity index (χ4v) is 3.13. The molecule has 3 nitrogen and oxygen atoms in total. The maximum absolute atomic E-state index is 12.5. The first kappa shape index (κ1) is 19.6. The SMILES string of the molecule is CC(C)(NC(=O)C1CCCC(N)C1)c1ccc(Cl)c(Cl)c1.Cl. The Morgan fingerprint density at radius 3 is 2.55 bits per heavy atom. The van der Waals surface area contributed by atoms with E-state index >= 15 is 0 Å². The number of nitrogens with one attached hydrogen (secondary N) is 1. The third-order valence-electron chi connectivity index (χ3n) is 4.16. The van der Waals surface area contributed by atoms with Crippen molar-refractivity contribution in [2.45, 2.75) is 51.1 Å². The molecule has 2 unspecified atom stereocenters. The first-order valence-electron chi connectivity index (χ1n) is 7.33. The van der Waals surface area contributed by atoms with Gasteiger partial charge in [0.05, 0.1) is 15.6 Å². The van der Waals surface area contributed by atoms with Gasteiger partial charge in [0.1, 0.15) is 0 Å². The summed E-state index contributed by atoms with van der Waals surface area (Å²) in [5, 5.41) is 4.12. The minimum absolute atomic E-state index is 0. The summed E-state index contributed by atoms with van der Waals surface area (Å²) < 4.78 is 0. The largest absolute Gasteiger partial charge is 0.347 e. The van der Waals surface area contributed by atoms with Crippen molar-refractivity contribution in [2.75, 3.05) is 0 Å². The summed E-state index contributed by atoms with van der Waals surface area (Å²) in [4.78, 5) is 12.5. The highest BCUT2D eigenvalue weighted by molar-refractivity contribution is 6.42. The molecule has 1 saturated carbocycles. The molecule has 0 radical (unpaired) electrons. The number of halogens is 3. The monoisotopic (exact) mass is 364 g/mol. The van der Waals surface area contributed by atoms with Gasteiger partial charge < -0.3 is 11.1 Å². The van der Waals surface area contributed by atoms with Crippen LogP contribution in [0.5, 0.6) is 0 Å². The van der Waals surface area contributed by atoms with Crippen LogP contribution in [0.1, 0.15) is 45.1 Å². The van der Waals surface area contributed by atoms with Crippen LogP contribution in [0.25, 0.3) is 0 Å². The van der Waals surface area contributed by atoms with Crippen LogP contribution >= 0.6 is 35.6 Å². The lowest BCUT2D eigenvalue weighted by Crippen LogP contribution is -2.46. The molecule has 0 aromatic heterocycles. The Kier molecular flexibility index (Phi) is 7.00. The van der Waals surface area contributed by atoms with Crippen molar-refractivity contribution in [3.05, 3.63) is 33.8 Å². The van der Waals surface area contributed by atoms with Gasteiger partial charge in [-0.2, -0.15) is 0 Å². The van der Waals surface area contributed by atoms with Crippen LogP contribution in [0.3, 0.4) is 0 Å². The summed E-state index contributed by atoms with van der Waals surface area (Å²) in [5.74, 6) is 0.0806. The van der Waals surface area contributed by atoms with E-state index in [1.807, 2.05) is 19.9 Å². The van der Waals surface area contributed by atoms with Crippen LogP contribution < -0.4 is 11.1 Å². The van der Waals surface area contributed by atoms with E-state index in [1.165, 1.54) is 0 Å². The van der Waals surface area contributed by atoms with E-state index in [0.29, 0.717) is 10.0 Å². The standard InChI is InChI=1S/C16H22Cl2N2O.ClH/c1-16(2,11-6-7-13(17)14(18)9-11)20-15(21)10-4-3-5-12(19)8-10;/h6-7,9-10,12H,3-5,8,19H2,1-2H3,(H,20,21);1H. The van der Waals surface area contributed by atoms with Crippen molar-refractivity contribution in [1.29, 1.82) is 0 Å². The predicted molar refractivity (Wildman–Crippen MR) is 94.8 cm³/mol. The maximum atomic E-state index is 12.5. The summed E-state index contributed by atoms with van der Waals surface area (Å²) >= 11 is 12.0. The van der Waals surface area contributed by atoms with Gasteiger partial charge in [-0.3, -0.25) is 4.79 Å². The van der Waals surface area contributed by atoms with E-state index in [-0.39, 0.29) is 30.3 Å². The Balaban J connectivity index is 0.00000242. The van der Waals surface area contributed by atoms with Gasteiger partial charge in [-0.05, 0) is 50.8 Å². The van der Waals surface area contributed by atoms with Gasteiger partial charge in [0.15, 0.2) is 0 Å². The zero-order chi connectivity index (χ0) is 15.6. The first-order chi connectivity index (χ1) is 9.79. The molecule has 0 spiro atoms. The smallest absolute Gasteiger partial charge is 0.223 e. The Bertz CT molecular complexity index is 534.